The SMILES string of the molecule is CN1CCN(CCCn2c3ccccc3c3ccc(C(=O)N4CCN(CCc5cccc(F)c5)CC4)cc32)CC1.COc1cccc(CCN2CCN(C(=O)c3ccc4c5ccccc5n(CCCN5CCN(C)CC5)c4c3)CC2)c1. The number of halogens is 1. The summed E-state index contributed by atoms with van der Waals surface area (Å²) in [6.07, 6.45) is 4.00. The van der Waals surface area contributed by atoms with Gasteiger partial charge in [0.2, 0.25) is 0 Å². The van der Waals surface area contributed by atoms with Gasteiger partial charge in [0.1, 0.15) is 11.6 Å². The summed E-state index contributed by atoms with van der Waals surface area (Å²) in [6.45, 7) is 21.6. The molecule has 12 rings (SSSR count). The highest BCUT2D eigenvalue weighted by atomic mass is 19.1. The van der Waals surface area contributed by atoms with Crippen LogP contribution in [0.4, 0.5) is 4.39 Å². The Labute approximate surface area is 478 Å². The molecule has 81 heavy (non-hydrogen) atoms. The van der Waals surface area contributed by atoms with Crippen molar-refractivity contribution in [1.29, 1.82) is 0 Å². The van der Waals surface area contributed by atoms with Gasteiger partial charge >= 0.3 is 0 Å². The number of piperazine rings is 4. The zero-order valence-corrected chi connectivity index (χ0v) is 48.2. The van der Waals surface area contributed by atoms with Crippen molar-refractivity contribution in [2.24, 2.45) is 0 Å². The normalized spacial score (nSPS) is 17.6. The number of methoxy groups -OCH3 is 1. The van der Waals surface area contributed by atoms with Crippen LogP contribution in [0, 0.1) is 5.82 Å². The number of nitrogens with zero attached hydrogens (tertiary/aromatic N) is 10. The first kappa shape index (κ1) is 56.2. The van der Waals surface area contributed by atoms with Gasteiger partial charge in [0.25, 0.3) is 11.8 Å². The predicted molar refractivity (Wildman–Crippen MR) is 327 cm³/mol. The number of amides is 2. The Kier molecular flexibility index (Phi) is 18.4. The van der Waals surface area contributed by atoms with Gasteiger partial charge in [-0.25, -0.2) is 4.39 Å². The van der Waals surface area contributed by atoms with E-state index in [4.69, 9.17) is 4.74 Å². The number of carbonyl (C=O) groups is 2. The Morgan fingerprint density at radius 2 is 0.815 bits per heavy atom. The second-order valence-electron chi connectivity index (χ2n) is 23.0. The van der Waals surface area contributed by atoms with E-state index in [-0.39, 0.29) is 17.6 Å². The van der Waals surface area contributed by atoms with Gasteiger partial charge in [-0.1, -0.05) is 72.8 Å². The van der Waals surface area contributed by atoms with E-state index in [0.717, 1.165) is 185 Å². The summed E-state index contributed by atoms with van der Waals surface area (Å²) in [5.41, 5.74) is 8.70. The number of rotatable bonds is 17. The first-order chi connectivity index (χ1) is 39.6. The third-order valence-electron chi connectivity index (χ3n) is 17.7. The fourth-order valence-corrected chi connectivity index (χ4v) is 12.7. The lowest BCUT2D eigenvalue weighted by atomic mass is 10.1. The zero-order valence-electron chi connectivity index (χ0n) is 48.2. The maximum Gasteiger partial charge on any atom is 0.254 e. The molecule has 0 radical (unpaired) electrons. The number of benzene rings is 6. The van der Waals surface area contributed by atoms with E-state index in [1.165, 1.54) is 49.7 Å². The lowest BCUT2D eigenvalue weighted by Crippen LogP contribution is -2.49. The number of ether oxygens (including phenoxy) is 1. The van der Waals surface area contributed by atoms with Crippen LogP contribution in [-0.4, -0.2) is 212 Å². The smallest absolute Gasteiger partial charge is 0.254 e. The Balaban J connectivity index is 0.000000170. The van der Waals surface area contributed by atoms with Crippen LogP contribution in [0.25, 0.3) is 43.6 Å². The van der Waals surface area contributed by atoms with E-state index >= 15 is 0 Å². The third-order valence-corrected chi connectivity index (χ3v) is 17.7. The van der Waals surface area contributed by atoms with E-state index in [2.05, 4.69) is 144 Å². The average molecular weight is 1100 g/mol. The fourth-order valence-electron chi connectivity index (χ4n) is 12.7. The van der Waals surface area contributed by atoms with Crippen molar-refractivity contribution >= 4 is 55.4 Å². The minimum absolute atomic E-state index is 0.112. The number of para-hydroxylation sites is 2. The maximum atomic E-state index is 13.6. The van der Waals surface area contributed by atoms with Crippen molar-refractivity contribution in [3.05, 3.63) is 162 Å². The predicted octanol–water partition coefficient (Wildman–Crippen LogP) is 9.01. The minimum atomic E-state index is -0.182. The molecule has 0 bridgehead atoms. The molecule has 0 atom stereocenters. The second kappa shape index (κ2) is 26.5. The zero-order chi connectivity index (χ0) is 55.7. The van der Waals surface area contributed by atoms with Gasteiger partial charge in [-0.05, 0) is 125 Å². The minimum Gasteiger partial charge on any atom is -0.497 e. The van der Waals surface area contributed by atoms with Crippen LogP contribution in [0.1, 0.15) is 44.7 Å². The lowest BCUT2D eigenvalue weighted by molar-refractivity contribution is 0.0632. The molecular weight excluding hydrogens is 1010 g/mol. The molecule has 2 aromatic heterocycles. The van der Waals surface area contributed by atoms with E-state index in [0.29, 0.717) is 13.1 Å². The Hall–Kier alpha value is -6.65. The number of aromatic nitrogens is 2. The number of fused-ring (bicyclic) bond motifs is 6. The summed E-state index contributed by atoms with van der Waals surface area (Å²) in [5.74, 6) is 0.984. The summed E-state index contributed by atoms with van der Waals surface area (Å²) >= 11 is 0. The van der Waals surface area contributed by atoms with Crippen LogP contribution < -0.4 is 4.74 Å². The van der Waals surface area contributed by atoms with Crippen molar-refractivity contribution in [3.63, 3.8) is 0 Å². The monoisotopic (exact) mass is 1090 g/mol. The third kappa shape index (κ3) is 13.7. The van der Waals surface area contributed by atoms with Crippen LogP contribution in [-0.2, 0) is 25.9 Å². The topological polar surface area (TPSA) is 79.2 Å². The van der Waals surface area contributed by atoms with Gasteiger partial charge in [0, 0.05) is 186 Å². The molecule has 4 saturated heterocycles. The highest BCUT2D eigenvalue weighted by molar-refractivity contribution is 6.11. The van der Waals surface area contributed by atoms with Crippen molar-refractivity contribution < 1.29 is 18.7 Å². The van der Waals surface area contributed by atoms with Gasteiger partial charge in [-0.15, -0.1) is 0 Å². The molecule has 4 aliphatic rings. The molecule has 8 aromatic rings. The molecule has 13 nitrogen and oxygen atoms in total. The molecule has 0 aliphatic carbocycles. The molecule has 426 valence electrons. The molecule has 6 aromatic carbocycles. The summed E-state index contributed by atoms with van der Waals surface area (Å²) in [6, 6.07) is 45.0. The lowest BCUT2D eigenvalue weighted by Gasteiger charge is -2.34. The summed E-state index contributed by atoms with van der Waals surface area (Å²) in [7, 11) is 6.11. The highest BCUT2D eigenvalue weighted by Gasteiger charge is 2.26. The van der Waals surface area contributed by atoms with Crippen LogP contribution in [0.5, 0.6) is 5.75 Å². The summed E-state index contributed by atoms with van der Waals surface area (Å²) < 4.78 is 23.7. The Morgan fingerprint density at radius 1 is 0.407 bits per heavy atom. The number of aryl methyl sites for hydroxylation is 2. The highest BCUT2D eigenvalue weighted by Crippen LogP contribution is 2.32. The fraction of sp³-hybridized carbons (Fsp3) is 0.433. The molecule has 0 spiro atoms. The van der Waals surface area contributed by atoms with Crippen molar-refractivity contribution in [3.8, 4) is 5.75 Å². The molecule has 6 heterocycles. The van der Waals surface area contributed by atoms with Crippen LogP contribution >= 0.6 is 0 Å². The van der Waals surface area contributed by atoms with E-state index < -0.39 is 0 Å². The number of hydrogen-bond donors (Lipinski definition) is 0. The van der Waals surface area contributed by atoms with E-state index in [1.807, 2.05) is 34.1 Å². The van der Waals surface area contributed by atoms with Crippen molar-refractivity contribution in [1.82, 2.24) is 48.3 Å². The summed E-state index contributed by atoms with van der Waals surface area (Å²) in [5, 5.41) is 4.97. The molecule has 0 saturated carbocycles. The van der Waals surface area contributed by atoms with Crippen molar-refractivity contribution in [2.45, 2.75) is 38.8 Å². The first-order valence-electron chi connectivity index (χ1n) is 29.9. The number of hydrogen-bond acceptors (Lipinski definition) is 9. The molecule has 0 N–H and O–H groups in total. The quantitative estimate of drug-likeness (QED) is 0.0889. The molecule has 4 fully saturated rings. The second-order valence-corrected chi connectivity index (χ2v) is 23.0. The van der Waals surface area contributed by atoms with E-state index in [9.17, 15) is 14.0 Å². The maximum absolute atomic E-state index is 13.6. The average Bonchev–Trinajstić information content (AvgIpc) is 4.00. The summed E-state index contributed by atoms with van der Waals surface area (Å²) in [4.78, 5) is 46.0. The van der Waals surface area contributed by atoms with Crippen LogP contribution in [0.15, 0.2) is 133 Å². The largest absolute Gasteiger partial charge is 0.497 e. The molecule has 2 amide bonds. The molecular formula is C67H83FN10O3. The molecule has 0 unspecified atom stereocenters. The Bertz CT molecular complexity index is 3400. The van der Waals surface area contributed by atoms with Gasteiger partial charge in [0.05, 0.1) is 7.11 Å². The van der Waals surface area contributed by atoms with Gasteiger partial charge in [-0.3, -0.25) is 19.4 Å². The van der Waals surface area contributed by atoms with Gasteiger partial charge in [0.15, 0.2) is 0 Å². The van der Waals surface area contributed by atoms with E-state index in [1.54, 1.807) is 19.2 Å². The first-order valence-corrected chi connectivity index (χ1v) is 29.9. The molecule has 4 aliphatic heterocycles. The standard InChI is InChI=1S/C34H43N5O2.C33H40FN5O/c1-35-17-19-36(20-18-35)14-6-15-39-32-10-4-3-9-30(32)31-12-11-28(26-33(31)39)34(40)38-23-21-37(22-24-38)16-13-27-7-5-8-29(25-27)41-2;1-35-16-18-36(19-17-35)13-5-14-39-31-9-3-2-8-29(31)30-11-10-27(25-32(30)39)33(40)38-22-20-37(21-23-38)15-12-26-6-4-7-28(34)24-26/h3-5,7-12,25-26H,6,13-24H2,1-2H3;2-4,6-11,24-25H,5,12-23H2,1H3. The van der Waals surface area contributed by atoms with Crippen molar-refractivity contribution in [2.75, 3.05) is 152 Å². The number of likely N-dealkylation sites (N-methyl/N-ethyl adjacent to an activating group) is 2. The van der Waals surface area contributed by atoms with Gasteiger partial charge in [-0.2, -0.15) is 0 Å². The number of carbonyl (C=O) groups excluding carboxylic acids is 2. The van der Waals surface area contributed by atoms with Gasteiger partial charge < -0.3 is 43.3 Å². The molecule has 14 heteroatoms. The van der Waals surface area contributed by atoms with Crippen LogP contribution in [0.3, 0.4) is 0 Å². The van der Waals surface area contributed by atoms with Crippen LogP contribution in [0.2, 0.25) is 0 Å². The Morgan fingerprint density at radius 3 is 1.27 bits per heavy atom.